The molecule has 0 unspecified atom stereocenters. The van der Waals surface area contributed by atoms with E-state index >= 15 is 0 Å². The van der Waals surface area contributed by atoms with E-state index in [1.54, 1.807) is 24.3 Å². The van der Waals surface area contributed by atoms with Crippen molar-refractivity contribution in [3.8, 4) is 17.1 Å². The molecule has 0 radical (unpaired) electrons. The van der Waals surface area contributed by atoms with E-state index in [4.69, 9.17) is 9.15 Å². The normalized spacial score (nSPS) is 14.8. The van der Waals surface area contributed by atoms with Crippen LogP contribution in [0.4, 0.5) is 4.79 Å². The molecule has 0 spiro atoms. The second-order valence-electron chi connectivity index (χ2n) is 7.53. The van der Waals surface area contributed by atoms with Crippen molar-refractivity contribution < 1.29 is 28.6 Å². The minimum atomic E-state index is -1.02. The minimum absolute atomic E-state index is 0.139. The number of carbonyl (C=O) groups is 3. The van der Waals surface area contributed by atoms with Crippen molar-refractivity contribution in [1.82, 2.24) is 4.90 Å². The molecule has 0 aliphatic carbocycles. The molecule has 168 valence electrons. The summed E-state index contributed by atoms with van der Waals surface area (Å²) >= 11 is 0.845. The molecule has 1 aromatic heterocycles. The molecule has 0 saturated carbocycles. The quantitative estimate of drug-likeness (QED) is 0.470. The predicted octanol–water partition coefficient (Wildman–Crippen LogP) is 5.38. The zero-order valence-corrected chi connectivity index (χ0v) is 18.8. The number of carboxylic acids is 1. The first-order chi connectivity index (χ1) is 15.8. The number of aromatic carboxylic acids is 1. The summed E-state index contributed by atoms with van der Waals surface area (Å²) in [7, 11) is 0. The Morgan fingerprint density at radius 2 is 1.85 bits per heavy atom. The first-order valence-corrected chi connectivity index (χ1v) is 11.0. The maximum Gasteiger partial charge on any atom is 0.335 e. The van der Waals surface area contributed by atoms with Crippen molar-refractivity contribution >= 4 is 35.0 Å². The predicted molar refractivity (Wildman–Crippen MR) is 125 cm³/mol. The van der Waals surface area contributed by atoms with Crippen LogP contribution >= 0.6 is 11.8 Å². The lowest BCUT2D eigenvalue weighted by Gasteiger charge is -2.13. The molecule has 33 heavy (non-hydrogen) atoms. The molecule has 4 rings (SSSR count). The molecule has 8 heteroatoms. The molecule has 7 nitrogen and oxygen atoms in total. The topological polar surface area (TPSA) is 97.1 Å². The van der Waals surface area contributed by atoms with Crippen LogP contribution in [0.15, 0.2) is 63.9 Å². The summed E-state index contributed by atoms with van der Waals surface area (Å²) in [6, 6.07) is 15.7. The van der Waals surface area contributed by atoms with Crippen LogP contribution in [-0.4, -0.2) is 40.3 Å². The Morgan fingerprint density at radius 3 is 2.58 bits per heavy atom. The van der Waals surface area contributed by atoms with E-state index in [2.05, 4.69) is 0 Å². The molecule has 1 saturated heterocycles. The summed E-state index contributed by atoms with van der Waals surface area (Å²) in [6.45, 7) is 4.17. The number of imide groups is 1. The Labute approximate surface area is 194 Å². The number of ether oxygens (including phenoxy) is 1. The van der Waals surface area contributed by atoms with Crippen LogP contribution in [0.2, 0.25) is 0 Å². The number of hydrogen-bond donors (Lipinski definition) is 1. The van der Waals surface area contributed by atoms with Gasteiger partial charge in [-0.1, -0.05) is 23.8 Å². The number of carboxylic acid groups (broad SMARTS) is 1. The van der Waals surface area contributed by atoms with Gasteiger partial charge in [0.05, 0.1) is 17.0 Å². The molecule has 2 heterocycles. The zero-order valence-electron chi connectivity index (χ0n) is 18.0. The largest absolute Gasteiger partial charge is 0.492 e. The molecule has 1 aliphatic rings. The number of hydrogen-bond acceptors (Lipinski definition) is 6. The van der Waals surface area contributed by atoms with E-state index in [1.807, 2.05) is 38.1 Å². The number of thioether (sulfide) groups is 1. The third-order valence-electron chi connectivity index (χ3n) is 5.13. The smallest absolute Gasteiger partial charge is 0.335 e. The third-order valence-corrected chi connectivity index (χ3v) is 6.04. The van der Waals surface area contributed by atoms with Crippen LogP contribution in [-0.2, 0) is 4.79 Å². The highest BCUT2D eigenvalue weighted by Crippen LogP contribution is 2.34. The lowest BCUT2D eigenvalue weighted by molar-refractivity contribution is -0.123. The Balaban J connectivity index is 1.45. The summed E-state index contributed by atoms with van der Waals surface area (Å²) in [5, 5.41) is 8.87. The van der Waals surface area contributed by atoms with Crippen molar-refractivity contribution in [2.24, 2.45) is 0 Å². The van der Waals surface area contributed by atoms with E-state index in [0.29, 0.717) is 22.8 Å². The molecular weight excluding hydrogens is 442 g/mol. The van der Waals surface area contributed by atoms with Crippen LogP contribution in [0, 0.1) is 13.8 Å². The Morgan fingerprint density at radius 1 is 1.09 bits per heavy atom. The first-order valence-electron chi connectivity index (χ1n) is 10.2. The standard InChI is InChI=1S/C25H21NO6S/c1-15-3-7-18(8-4-15)31-12-11-26-23(27)22(33-25(26)30)14-19-9-10-21(32-19)20-13-17(24(28)29)6-5-16(20)2/h3-10,13-14H,11-12H2,1-2H3,(H,28,29)/b22-14-. The Bertz CT molecular complexity index is 1260. The van der Waals surface area contributed by atoms with Gasteiger partial charge in [-0.3, -0.25) is 14.5 Å². The maximum absolute atomic E-state index is 12.7. The summed E-state index contributed by atoms with van der Waals surface area (Å²) < 4.78 is 11.5. The SMILES string of the molecule is Cc1ccc(OCCN2C(=O)S/C(=C\c3ccc(-c4cc(C(=O)O)ccc4C)o3)C2=O)cc1. The Hall–Kier alpha value is -3.78. The molecule has 1 aliphatic heterocycles. The van der Waals surface area contributed by atoms with Gasteiger partial charge >= 0.3 is 5.97 Å². The van der Waals surface area contributed by atoms with Crippen LogP contribution in [0.25, 0.3) is 17.4 Å². The van der Waals surface area contributed by atoms with E-state index < -0.39 is 11.9 Å². The number of nitrogens with zero attached hydrogens (tertiary/aromatic N) is 1. The monoisotopic (exact) mass is 463 g/mol. The van der Waals surface area contributed by atoms with Gasteiger partial charge in [0.1, 0.15) is 23.9 Å². The highest BCUT2D eigenvalue weighted by Gasteiger charge is 2.35. The number of aryl methyl sites for hydroxylation is 2. The molecule has 2 aromatic carbocycles. The summed E-state index contributed by atoms with van der Waals surface area (Å²) in [4.78, 5) is 37.7. The number of furan rings is 1. The van der Waals surface area contributed by atoms with Gasteiger partial charge in [0, 0.05) is 11.6 Å². The number of amides is 2. The van der Waals surface area contributed by atoms with Gasteiger partial charge < -0.3 is 14.3 Å². The molecule has 3 aromatic rings. The molecule has 1 fully saturated rings. The average Bonchev–Trinajstić information content (AvgIpc) is 3.35. The fraction of sp³-hybridized carbons (Fsp3) is 0.160. The fourth-order valence-corrected chi connectivity index (χ4v) is 4.15. The fourth-order valence-electron chi connectivity index (χ4n) is 3.31. The molecule has 0 bridgehead atoms. The van der Waals surface area contributed by atoms with E-state index in [-0.39, 0.29) is 28.9 Å². The van der Waals surface area contributed by atoms with Crippen molar-refractivity contribution in [2.75, 3.05) is 13.2 Å². The molecule has 2 amide bonds. The van der Waals surface area contributed by atoms with Crippen LogP contribution < -0.4 is 4.74 Å². The minimum Gasteiger partial charge on any atom is -0.492 e. The van der Waals surface area contributed by atoms with Gasteiger partial charge in [-0.25, -0.2) is 4.79 Å². The van der Waals surface area contributed by atoms with Crippen molar-refractivity contribution in [3.05, 3.63) is 82.0 Å². The lowest BCUT2D eigenvalue weighted by atomic mass is 10.0. The molecule has 1 N–H and O–H groups in total. The van der Waals surface area contributed by atoms with E-state index in [9.17, 15) is 19.5 Å². The van der Waals surface area contributed by atoms with E-state index in [1.165, 1.54) is 12.1 Å². The van der Waals surface area contributed by atoms with Crippen LogP contribution in [0.5, 0.6) is 5.75 Å². The summed E-state index contributed by atoms with van der Waals surface area (Å²) in [6.07, 6.45) is 1.52. The van der Waals surface area contributed by atoms with Crippen LogP contribution in [0.3, 0.4) is 0 Å². The van der Waals surface area contributed by atoms with Gasteiger partial charge in [-0.15, -0.1) is 0 Å². The summed E-state index contributed by atoms with van der Waals surface area (Å²) in [5.41, 5.74) is 2.78. The van der Waals surface area contributed by atoms with Crippen molar-refractivity contribution in [2.45, 2.75) is 13.8 Å². The van der Waals surface area contributed by atoms with Gasteiger partial charge in [-0.2, -0.15) is 0 Å². The number of carbonyl (C=O) groups excluding carboxylic acids is 2. The second-order valence-corrected chi connectivity index (χ2v) is 8.52. The van der Waals surface area contributed by atoms with Crippen molar-refractivity contribution in [3.63, 3.8) is 0 Å². The van der Waals surface area contributed by atoms with Gasteiger partial charge in [-0.05, 0) is 67.6 Å². The van der Waals surface area contributed by atoms with E-state index in [0.717, 1.165) is 27.8 Å². The second kappa shape index (κ2) is 9.38. The third kappa shape index (κ3) is 5.01. The van der Waals surface area contributed by atoms with Gasteiger partial charge in [0.25, 0.3) is 11.1 Å². The lowest BCUT2D eigenvalue weighted by Crippen LogP contribution is -2.32. The van der Waals surface area contributed by atoms with Gasteiger partial charge in [0.15, 0.2) is 0 Å². The Kier molecular flexibility index (Phi) is 6.37. The highest BCUT2D eigenvalue weighted by atomic mass is 32.2. The zero-order chi connectivity index (χ0) is 23.5. The number of benzene rings is 2. The average molecular weight is 464 g/mol. The van der Waals surface area contributed by atoms with Crippen molar-refractivity contribution in [1.29, 1.82) is 0 Å². The molecule has 0 atom stereocenters. The molecular formula is C25H21NO6S. The summed E-state index contributed by atoms with van der Waals surface area (Å²) in [5.74, 6) is 0.121. The maximum atomic E-state index is 12.7. The van der Waals surface area contributed by atoms with Gasteiger partial charge in [0.2, 0.25) is 0 Å². The van der Waals surface area contributed by atoms with Crippen LogP contribution in [0.1, 0.15) is 27.2 Å². The number of rotatable bonds is 7. The highest BCUT2D eigenvalue weighted by molar-refractivity contribution is 8.18. The first kappa shape index (κ1) is 22.4.